The maximum absolute atomic E-state index is 11.5. The van der Waals surface area contributed by atoms with Gasteiger partial charge in [-0.25, -0.2) is 18.2 Å². The SMILES string of the molecule is NS(=O)(=O)c1ccc(-n2nc(-c3ccc(Cl)cc3)cc2-c2ccccc2O)cc1. The van der Waals surface area contributed by atoms with E-state index in [9.17, 15) is 13.5 Å². The first-order valence-corrected chi connectivity index (χ1v) is 10.5. The van der Waals surface area contributed by atoms with E-state index in [4.69, 9.17) is 16.7 Å². The summed E-state index contributed by atoms with van der Waals surface area (Å²) in [5, 5.41) is 20.8. The average molecular weight is 426 g/mol. The van der Waals surface area contributed by atoms with Crippen LogP contribution in [0.4, 0.5) is 0 Å². The second-order valence-corrected chi connectivity index (χ2v) is 8.39. The summed E-state index contributed by atoms with van der Waals surface area (Å²) < 4.78 is 24.7. The van der Waals surface area contributed by atoms with Crippen molar-refractivity contribution in [3.05, 3.63) is 83.9 Å². The fraction of sp³-hybridized carbons (Fsp3) is 0. The number of benzene rings is 3. The van der Waals surface area contributed by atoms with E-state index in [1.807, 2.05) is 24.3 Å². The van der Waals surface area contributed by atoms with Crippen LogP contribution in [0.5, 0.6) is 5.75 Å². The molecule has 0 saturated heterocycles. The van der Waals surface area contributed by atoms with Gasteiger partial charge in [-0.15, -0.1) is 0 Å². The molecule has 4 aromatic rings. The predicted molar refractivity (Wildman–Crippen MR) is 112 cm³/mol. The van der Waals surface area contributed by atoms with Crippen molar-refractivity contribution in [1.82, 2.24) is 9.78 Å². The molecule has 146 valence electrons. The summed E-state index contributed by atoms with van der Waals surface area (Å²) in [7, 11) is -3.79. The maximum Gasteiger partial charge on any atom is 0.238 e. The number of halogens is 1. The molecule has 0 aliphatic carbocycles. The lowest BCUT2D eigenvalue weighted by Crippen LogP contribution is -2.12. The van der Waals surface area contributed by atoms with E-state index in [1.54, 1.807) is 47.1 Å². The van der Waals surface area contributed by atoms with Gasteiger partial charge in [0.25, 0.3) is 0 Å². The van der Waals surface area contributed by atoms with Gasteiger partial charge >= 0.3 is 0 Å². The molecular weight excluding hydrogens is 410 g/mol. The second kappa shape index (κ2) is 7.36. The minimum atomic E-state index is -3.79. The number of nitrogens with zero attached hydrogens (tertiary/aromatic N) is 2. The average Bonchev–Trinajstić information content (AvgIpc) is 3.13. The van der Waals surface area contributed by atoms with Gasteiger partial charge in [0.2, 0.25) is 10.0 Å². The molecule has 0 fully saturated rings. The second-order valence-electron chi connectivity index (χ2n) is 6.39. The van der Waals surface area contributed by atoms with Crippen molar-refractivity contribution in [2.45, 2.75) is 4.90 Å². The summed E-state index contributed by atoms with van der Waals surface area (Å²) in [5.41, 5.74) is 3.39. The lowest BCUT2D eigenvalue weighted by molar-refractivity contribution is 0.477. The van der Waals surface area contributed by atoms with Crippen molar-refractivity contribution in [1.29, 1.82) is 0 Å². The Bertz CT molecular complexity index is 1280. The Morgan fingerprint density at radius 2 is 1.59 bits per heavy atom. The molecular formula is C21H16ClN3O3S. The highest BCUT2D eigenvalue weighted by atomic mass is 35.5. The molecule has 1 aromatic heterocycles. The van der Waals surface area contributed by atoms with E-state index >= 15 is 0 Å². The molecule has 6 nitrogen and oxygen atoms in total. The number of phenols is 1. The number of nitrogens with two attached hydrogens (primary N) is 1. The summed E-state index contributed by atoms with van der Waals surface area (Å²) >= 11 is 5.98. The van der Waals surface area contributed by atoms with Crippen LogP contribution in [0.2, 0.25) is 5.02 Å². The van der Waals surface area contributed by atoms with E-state index < -0.39 is 10.0 Å². The van der Waals surface area contributed by atoms with Crippen LogP contribution in [0.15, 0.2) is 83.8 Å². The normalized spacial score (nSPS) is 11.5. The molecule has 0 saturated carbocycles. The van der Waals surface area contributed by atoms with Crippen molar-refractivity contribution >= 4 is 21.6 Å². The van der Waals surface area contributed by atoms with Gasteiger partial charge in [0.05, 0.1) is 22.0 Å². The molecule has 8 heteroatoms. The first-order valence-electron chi connectivity index (χ1n) is 8.60. The standard InChI is InChI=1S/C21H16ClN3O3S/c22-15-7-5-14(6-8-15)19-13-20(18-3-1-2-4-21(18)26)25(24-19)16-9-11-17(12-10-16)29(23,27)28/h1-13,26H,(H2,23,27,28). The highest BCUT2D eigenvalue weighted by molar-refractivity contribution is 7.89. The van der Waals surface area contributed by atoms with Crippen molar-refractivity contribution in [3.63, 3.8) is 0 Å². The molecule has 0 amide bonds. The Labute approximate surface area is 172 Å². The van der Waals surface area contributed by atoms with Crippen LogP contribution < -0.4 is 5.14 Å². The van der Waals surface area contributed by atoms with Crippen LogP contribution >= 0.6 is 11.6 Å². The minimum absolute atomic E-state index is 0.00967. The molecule has 0 spiro atoms. The summed E-state index contributed by atoms with van der Waals surface area (Å²) in [5.74, 6) is 0.109. The first-order chi connectivity index (χ1) is 13.8. The van der Waals surface area contributed by atoms with Gasteiger partial charge < -0.3 is 5.11 Å². The van der Waals surface area contributed by atoms with Gasteiger partial charge in [0.15, 0.2) is 0 Å². The van der Waals surface area contributed by atoms with E-state index in [0.29, 0.717) is 27.7 Å². The van der Waals surface area contributed by atoms with Gasteiger partial charge in [-0.1, -0.05) is 35.9 Å². The molecule has 3 aromatic carbocycles. The number of aromatic nitrogens is 2. The van der Waals surface area contributed by atoms with Gasteiger partial charge in [-0.05, 0) is 54.6 Å². The number of hydrogen-bond acceptors (Lipinski definition) is 4. The molecule has 4 rings (SSSR count). The fourth-order valence-corrected chi connectivity index (χ4v) is 3.64. The van der Waals surface area contributed by atoms with Gasteiger partial charge in [-0.3, -0.25) is 0 Å². The Morgan fingerprint density at radius 3 is 2.21 bits per heavy atom. The smallest absolute Gasteiger partial charge is 0.238 e. The highest BCUT2D eigenvalue weighted by Gasteiger charge is 2.16. The quantitative estimate of drug-likeness (QED) is 0.511. The molecule has 0 radical (unpaired) electrons. The van der Waals surface area contributed by atoms with E-state index in [1.165, 1.54) is 12.1 Å². The minimum Gasteiger partial charge on any atom is -0.507 e. The molecule has 29 heavy (non-hydrogen) atoms. The summed E-state index contributed by atoms with van der Waals surface area (Å²) in [6.07, 6.45) is 0. The largest absolute Gasteiger partial charge is 0.507 e. The fourth-order valence-electron chi connectivity index (χ4n) is 3.00. The van der Waals surface area contributed by atoms with Crippen molar-refractivity contribution in [3.8, 4) is 34.0 Å². The van der Waals surface area contributed by atoms with Crippen molar-refractivity contribution < 1.29 is 13.5 Å². The number of hydrogen-bond donors (Lipinski definition) is 2. The Kier molecular flexibility index (Phi) is 4.87. The zero-order valence-electron chi connectivity index (χ0n) is 15.0. The third-order valence-electron chi connectivity index (χ3n) is 4.44. The van der Waals surface area contributed by atoms with Crippen molar-refractivity contribution in [2.75, 3.05) is 0 Å². The highest BCUT2D eigenvalue weighted by Crippen LogP contribution is 2.34. The zero-order chi connectivity index (χ0) is 20.6. The molecule has 1 heterocycles. The molecule has 0 bridgehead atoms. The number of phenolic OH excluding ortho intramolecular Hbond substituents is 1. The Hall–Kier alpha value is -3.13. The zero-order valence-corrected chi connectivity index (χ0v) is 16.6. The van der Waals surface area contributed by atoms with Crippen LogP contribution in [0, 0.1) is 0 Å². The molecule has 3 N–H and O–H groups in total. The Balaban J connectivity index is 1.89. The number of para-hydroxylation sites is 1. The number of aromatic hydroxyl groups is 1. The van der Waals surface area contributed by atoms with Gasteiger partial charge in [0.1, 0.15) is 5.75 Å². The van der Waals surface area contributed by atoms with Crippen LogP contribution in [0.25, 0.3) is 28.2 Å². The van der Waals surface area contributed by atoms with Gasteiger partial charge in [-0.2, -0.15) is 5.10 Å². The van der Waals surface area contributed by atoms with Crippen LogP contribution in [0.1, 0.15) is 0 Å². The molecule has 0 aliphatic heterocycles. The van der Waals surface area contributed by atoms with Crippen LogP contribution in [-0.2, 0) is 10.0 Å². The van der Waals surface area contributed by atoms with Crippen molar-refractivity contribution in [2.24, 2.45) is 5.14 Å². The number of sulfonamides is 1. The van der Waals surface area contributed by atoms with E-state index in [2.05, 4.69) is 5.10 Å². The summed E-state index contributed by atoms with van der Waals surface area (Å²) in [4.78, 5) is 0.00967. The number of rotatable bonds is 4. The predicted octanol–water partition coefficient (Wildman–Crippen LogP) is 4.21. The first kappa shape index (κ1) is 19.2. The third-order valence-corrected chi connectivity index (χ3v) is 5.62. The maximum atomic E-state index is 11.5. The summed E-state index contributed by atoms with van der Waals surface area (Å²) in [6.45, 7) is 0. The molecule has 0 unspecified atom stereocenters. The summed E-state index contributed by atoms with van der Waals surface area (Å²) in [6, 6.07) is 22.1. The van der Waals surface area contributed by atoms with Crippen LogP contribution in [-0.4, -0.2) is 23.3 Å². The van der Waals surface area contributed by atoms with E-state index in [0.717, 1.165) is 5.56 Å². The van der Waals surface area contributed by atoms with E-state index in [-0.39, 0.29) is 10.6 Å². The van der Waals surface area contributed by atoms with Gasteiger partial charge in [0, 0.05) is 16.1 Å². The monoisotopic (exact) mass is 425 g/mol. The third kappa shape index (κ3) is 3.88. The molecule has 0 aliphatic rings. The number of primary sulfonamides is 1. The Morgan fingerprint density at radius 1 is 0.931 bits per heavy atom. The topological polar surface area (TPSA) is 98.2 Å². The van der Waals surface area contributed by atoms with Crippen LogP contribution in [0.3, 0.4) is 0 Å². The lowest BCUT2D eigenvalue weighted by atomic mass is 10.1. The lowest BCUT2D eigenvalue weighted by Gasteiger charge is -2.09. The molecule has 0 atom stereocenters.